The summed E-state index contributed by atoms with van der Waals surface area (Å²) in [5.74, 6) is 0.0300. The molecule has 7 nitrogen and oxygen atoms in total. The van der Waals surface area contributed by atoms with Gasteiger partial charge in [0.1, 0.15) is 4.90 Å². The van der Waals surface area contributed by atoms with Crippen molar-refractivity contribution in [1.29, 1.82) is 0 Å². The van der Waals surface area contributed by atoms with Crippen molar-refractivity contribution in [2.45, 2.75) is 30.7 Å². The molecule has 1 N–H and O–H groups in total. The number of benzene rings is 1. The lowest BCUT2D eigenvalue weighted by molar-refractivity contribution is -0.122. The average Bonchev–Trinajstić information content (AvgIpc) is 3.45. The number of sulfonamides is 1. The molecule has 144 valence electrons. The summed E-state index contributed by atoms with van der Waals surface area (Å²) in [5.41, 5.74) is 1.50. The number of aryl methyl sites for hydroxylation is 1. The van der Waals surface area contributed by atoms with Crippen LogP contribution in [0.25, 0.3) is 10.9 Å². The van der Waals surface area contributed by atoms with Gasteiger partial charge in [-0.05, 0) is 37.5 Å². The molecule has 0 unspecified atom stereocenters. The van der Waals surface area contributed by atoms with Gasteiger partial charge in [0.2, 0.25) is 15.9 Å². The number of carbonyl (C=O) groups is 1. The van der Waals surface area contributed by atoms with E-state index in [0.29, 0.717) is 44.3 Å². The Morgan fingerprint density at radius 2 is 1.96 bits per heavy atom. The number of nitrogens with one attached hydrogen (secondary N) is 1. The number of carbonyl (C=O) groups excluding carboxylic acids is 1. The number of fused-ring (bicyclic) bond motifs is 1. The van der Waals surface area contributed by atoms with Crippen LogP contribution in [0.1, 0.15) is 18.4 Å². The van der Waals surface area contributed by atoms with Gasteiger partial charge in [0.15, 0.2) is 0 Å². The van der Waals surface area contributed by atoms with Crippen LogP contribution in [0.5, 0.6) is 0 Å². The number of hydrogen-bond acceptors (Lipinski definition) is 5. The molecule has 0 spiro atoms. The van der Waals surface area contributed by atoms with Crippen molar-refractivity contribution in [2.75, 3.05) is 32.7 Å². The van der Waals surface area contributed by atoms with Crippen molar-refractivity contribution < 1.29 is 13.2 Å². The molecule has 8 heteroatoms. The van der Waals surface area contributed by atoms with Crippen LogP contribution in [0.3, 0.4) is 0 Å². The van der Waals surface area contributed by atoms with E-state index in [9.17, 15) is 13.2 Å². The Morgan fingerprint density at radius 1 is 1.22 bits per heavy atom. The Bertz CT molecular complexity index is 964. The molecular formula is C19H24N4O3S. The normalized spacial score (nSPS) is 19.3. The van der Waals surface area contributed by atoms with E-state index in [2.05, 4.69) is 10.3 Å². The zero-order valence-electron chi connectivity index (χ0n) is 15.4. The number of aromatic nitrogens is 1. The minimum atomic E-state index is -3.62. The maximum atomic E-state index is 13.2. The van der Waals surface area contributed by atoms with E-state index in [-0.39, 0.29) is 10.8 Å². The maximum absolute atomic E-state index is 13.2. The smallest absolute Gasteiger partial charge is 0.245 e. The third-order valence-electron chi connectivity index (χ3n) is 5.07. The van der Waals surface area contributed by atoms with Crippen molar-refractivity contribution in [2.24, 2.45) is 0 Å². The van der Waals surface area contributed by atoms with Crippen molar-refractivity contribution >= 4 is 26.8 Å². The number of amides is 1. The lowest BCUT2D eigenvalue weighted by Crippen LogP contribution is -2.51. The molecule has 27 heavy (non-hydrogen) atoms. The fourth-order valence-electron chi connectivity index (χ4n) is 3.42. The van der Waals surface area contributed by atoms with Crippen molar-refractivity contribution in [3.8, 4) is 0 Å². The molecular weight excluding hydrogens is 364 g/mol. The van der Waals surface area contributed by atoms with Crippen molar-refractivity contribution in [1.82, 2.24) is 19.5 Å². The van der Waals surface area contributed by atoms with Crippen LogP contribution in [-0.4, -0.2) is 67.3 Å². The molecule has 1 amide bonds. The summed E-state index contributed by atoms with van der Waals surface area (Å²) >= 11 is 0. The van der Waals surface area contributed by atoms with Crippen molar-refractivity contribution in [3.63, 3.8) is 0 Å². The van der Waals surface area contributed by atoms with Crippen LogP contribution in [0.4, 0.5) is 0 Å². The second-order valence-corrected chi connectivity index (χ2v) is 9.27. The molecule has 2 fully saturated rings. The van der Waals surface area contributed by atoms with Gasteiger partial charge in [-0.1, -0.05) is 12.1 Å². The van der Waals surface area contributed by atoms with Gasteiger partial charge >= 0.3 is 0 Å². The topological polar surface area (TPSA) is 82.6 Å². The molecule has 1 aliphatic carbocycles. The molecule has 0 bridgehead atoms. The number of para-hydroxylation sites is 1. The van der Waals surface area contributed by atoms with E-state index < -0.39 is 10.0 Å². The van der Waals surface area contributed by atoms with Gasteiger partial charge in [0, 0.05) is 43.8 Å². The van der Waals surface area contributed by atoms with E-state index >= 15 is 0 Å². The van der Waals surface area contributed by atoms with Gasteiger partial charge in [-0.15, -0.1) is 0 Å². The third-order valence-corrected chi connectivity index (χ3v) is 7.00. The summed E-state index contributed by atoms with van der Waals surface area (Å²) in [5, 5.41) is 3.80. The zero-order chi connectivity index (χ0) is 19.0. The molecule has 1 aromatic carbocycles. The van der Waals surface area contributed by atoms with Crippen molar-refractivity contribution in [3.05, 3.63) is 36.0 Å². The summed E-state index contributed by atoms with van der Waals surface area (Å²) in [7, 11) is -3.62. The summed E-state index contributed by atoms with van der Waals surface area (Å²) < 4.78 is 27.8. The predicted octanol–water partition coefficient (Wildman–Crippen LogP) is 1.13. The van der Waals surface area contributed by atoms with Gasteiger partial charge in [-0.3, -0.25) is 14.7 Å². The Labute approximate surface area is 159 Å². The van der Waals surface area contributed by atoms with Crippen LogP contribution in [0.15, 0.2) is 35.4 Å². The first kappa shape index (κ1) is 18.3. The Hall–Kier alpha value is -2.03. The fraction of sp³-hybridized carbons (Fsp3) is 0.474. The Kier molecular flexibility index (Phi) is 4.88. The van der Waals surface area contributed by atoms with E-state index in [4.69, 9.17) is 0 Å². The second-order valence-electron chi connectivity index (χ2n) is 7.36. The van der Waals surface area contributed by atoms with Gasteiger partial charge < -0.3 is 5.32 Å². The molecule has 1 aromatic heterocycles. The number of nitrogens with zero attached hydrogens (tertiary/aromatic N) is 3. The largest absolute Gasteiger partial charge is 0.352 e. The fourth-order valence-corrected chi connectivity index (χ4v) is 5.01. The molecule has 0 radical (unpaired) electrons. The third kappa shape index (κ3) is 3.97. The Morgan fingerprint density at radius 3 is 2.67 bits per heavy atom. The summed E-state index contributed by atoms with van der Waals surface area (Å²) in [6, 6.07) is 7.55. The minimum Gasteiger partial charge on any atom is -0.352 e. The first-order valence-electron chi connectivity index (χ1n) is 9.31. The first-order chi connectivity index (χ1) is 12.9. The van der Waals surface area contributed by atoms with Gasteiger partial charge in [-0.2, -0.15) is 4.31 Å². The highest BCUT2D eigenvalue weighted by molar-refractivity contribution is 7.89. The second kappa shape index (κ2) is 7.18. The summed E-state index contributed by atoms with van der Waals surface area (Å²) in [6.07, 6.45) is 3.82. The standard InChI is InChI=1S/C19H24N4O3S/c1-14-11-15-3-2-4-17(19(15)20-12-14)27(25,26)23-9-7-22(8-10-23)13-18(24)21-16-5-6-16/h2-4,11-12,16H,5-10,13H2,1H3,(H,21,24). The highest BCUT2D eigenvalue weighted by Crippen LogP contribution is 2.25. The van der Waals surface area contributed by atoms with Crippen LogP contribution in [0.2, 0.25) is 0 Å². The SMILES string of the molecule is Cc1cnc2c(S(=O)(=O)N3CCN(CC(=O)NC4CC4)CC3)cccc2c1. The maximum Gasteiger partial charge on any atom is 0.245 e. The van der Waals surface area contributed by atoms with Crippen LogP contribution < -0.4 is 5.32 Å². The molecule has 4 rings (SSSR count). The van der Waals surface area contributed by atoms with E-state index in [1.165, 1.54) is 4.31 Å². The highest BCUT2D eigenvalue weighted by Gasteiger charge is 2.31. The van der Waals surface area contributed by atoms with Gasteiger partial charge in [-0.25, -0.2) is 8.42 Å². The lowest BCUT2D eigenvalue weighted by atomic mass is 10.2. The van der Waals surface area contributed by atoms with Crippen LogP contribution >= 0.6 is 0 Å². The zero-order valence-corrected chi connectivity index (χ0v) is 16.2. The van der Waals surface area contributed by atoms with E-state index in [1.54, 1.807) is 18.3 Å². The molecule has 0 atom stereocenters. The van der Waals surface area contributed by atoms with Crippen LogP contribution in [-0.2, 0) is 14.8 Å². The average molecular weight is 388 g/mol. The quantitative estimate of drug-likeness (QED) is 0.830. The molecule has 1 aliphatic heterocycles. The molecule has 2 aromatic rings. The summed E-state index contributed by atoms with van der Waals surface area (Å²) in [4.78, 5) is 18.6. The van der Waals surface area contributed by atoms with E-state index in [0.717, 1.165) is 23.8 Å². The van der Waals surface area contributed by atoms with E-state index in [1.807, 2.05) is 24.0 Å². The number of pyridine rings is 1. The number of piperazine rings is 1. The Balaban J connectivity index is 1.46. The highest BCUT2D eigenvalue weighted by atomic mass is 32.2. The number of rotatable bonds is 5. The molecule has 1 saturated heterocycles. The number of hydrogen-bond donors (Lipinski definition) is 1. The van der Waals surface area contributed by atoms with Gasteiger partial charge in [0.05, 0.1) is 12.1 Å². The molecule has 2 aliphatic rings. The van der Waals surface area contributed by atoms with Crippen LogP contribution in [0, 0.1) is 6.92 Å². The predicted molar refractivity (Wildman–Crippen MR) is 103 cm³/mol. The summed E-state index contributed by atoms with van der Waals surface area (Å²) in [6.45, 7) is 4.12. The minimum absolute atomic E-state index is 0.0300. The van der Waals surface area contributed by atoms with Gasteiger partial charge in [0.25, 0.3) is 0 Å². The monoisotopic (exact) mass is 388 g/mol. The molecule has 1 saturated carbocycles. The lowest BCUT2D eigenvalue weighted by Gasteiger charge is -2.33. The molecule has 2 heterocycles. The first-order valence-corrected chi connectivity index (χ1v) is 10.7.